The largest absolute Gasteiger partial charge is 0.433 e. The molecular weight excluding hydrogens is 409 g/mol. The van der Waals surface area contributed by atoms with Crippen molar-refractivity contribution in [1.29, 1.82) is 0 Å². The zero-order chi connectivity index (χ0) is 21.9. The molecule has 1 fully saturated rings. The van der Waals surface area contributed by atoms with Crippen molar-refractivity contribution >= 4 is 17.2 Å². The fraction of sp³-hybridized carbons (Fsp3) is 0.429. The summed E-state index contributed by atoms with van der Waals surface area (Å²) < 4.78 is 40.3. The fourth-order valence-corrected chi connectivity index (χ4v) is 4.51. The van der Waals surface area contributed by atoms with Crippen molar-refractivity contribution in [2.75, 3.05) is 5.32 Å². The van der Waals surface area contributed by atoms with Crippen molar-refractivity contribution in [1.82, 2.24) is 24.5 Å². The van der Waals surface area contributed by atoms with Gasteiger partial charge in [0.05, 0.1) is 6.54 Å². The van der Waals surface area contributed by atoms with E-state index in [0.29, 0.717) is 31.6 Å². The van der Waals surface area contributed by atoms with Crippen LogP contribution in [0.1, 0.15) is 40.9 Å². The normalized spacial score (nSPS) is 20.6. The van der Waals surface area contributed by atoms with Crippen LogP contribution >= 0.6 is 0 Å². The number of aromatic nitrogens is 4. The maximum atomic E-state index is 13.0. The molecule has 4 heterocycles. The van der Waals surface area contributed by atoms with Gasteiger partial charge in [-0.05, 0) is 49.9 Å². The molecule has 162 valence electrons. The molecule has 3 aromatic rings. The zero-order valence-corrected chi connectivity index (χ0v) is 17.1. The van der Waals surface area contributed by atoms with Crippen LogP contribution in [-0.2, 0) is 24.1 Å². The molecule has 1 aliphatic carbocycles. The number of carbonyl (C=O) groups excluding carboxylic acids is 1. The number of amides is 1. The molecule has 1 aliphatic heterocycles. The first-order chi connectivity index (χ1) is 14.7. The predicted molar refractivity (Wildman–Crippen MR) is 106 cm³/mol. The Morgan fingerprint density at radius 1 is 1.16 bits per heavy atom. The highest BCUT2D eigenvalue weighted by atomic mass is 19.4. The van der Waals surface area contributed by atoms with Crippen LogP contribution in [0.2, 0.25) is 0 Å². The first kappa shape index (κ1) is 19.8. The second kappa shape index (κ2) is 6.93. The zero-order valence-electron chi connectivity index (χ0n) is 17.1. The average molecular weight is 430 g/mol. The number of nitrogens with one attached hydrogen (secondary N) is 1. The summed E-state index contributed by atoms with van der Waals surface area (Å²) >= 11 is 0. The van der Waals surface area contributed by atoms with Gasteiger partial charge in [-0.15, -0.1) is 0 Å². The number of alkyl halides is 3. The molecule has 5 rings (SSSR count). The lowest BCUT2D eigenvalue weighted by Gasteiger charge is -2.37. The Hall–Kier alpha value is -3.17. The van der Waals surface area contributed by atoms with E-state index in [2.05, 4.69) is 20.4 Å². The van der Waals surface area contributed by atoms with Gasteiger partial charge in [-0.1, -0.05) is 0 Å². The van der Waals surface area contributed by atoms with Crippen LogP contribution in [0.15, 0.2) is 24.7 Å². The minimum atomic E-state index is -4.48. The lowest BCUT2D eigenvalue weighted by molar-refractivity contribution is -0.141. The van der Waals surface area contributed by atoms with Crippen molar-refractivity contribution in [2.24, 2.45) is 5.92 Å². The summed E-state index contributed by atoms with van der Waals surface area (Å²) in [5, 5.41) is 7.37. The number of pyridine rings is 2. The van der Waals surface area contributed by atoms with Crippen LogP contribution in [0, 0.1) is 19.8 Å². The molecule has 3 aromatic heterocycles. The van der Waals surface area contributed by atoms with Crippen LogP contribution in [0.25, 0.3) is 5.65 Å². The molecule has 1 saturated carbocycles. The maximum absolute atomic E-state index is 13.0. The molecule has 0 bridgehead atoms. The molecule has 2 aliphatic rings. The standard InChI is InChI=1S/C21H21F3N6O/c1-11-12(2)30-19(26-10-27-30)17-9-29(8-16(11)17)20(31)13-5-15(6-13)28-14-3-4-25-18(7-14)21(22,23)24/h3-4,7,10,13,15H,5-6,8-9H2,1-2H3,(H,25,28). The molecule has 0 saturated heterocycles. The Kier molecular flexibility index (Phi) is 4.42. The summed E-state index contributed by atoms with van der Waals surface area (Å²) in [7, 11) is 0. The second-order valence-corrected chi connectivity index (χ2v) is 8.29. The van der Waals surface area contributed by atoms with E-state index in [1.54, 1.807) is 0 Å². The van der Waals surface area contributed by atoms with Crippen molar-refractivity contribution in [3.63, 3.8) is 0 Å². The number of aryl methyl sites for hydroxylation is 1. The van der Waals surface area contributed by atoms with E-state index in [1.807, 2.05) is 23.3 Å². The Bertz CT molecular complexity index is 1180. The molecule has 10 heteroatoms. The number of rotatable bonds is 3. The quantitative estimate of drug-likeness (QED) is 0.689. The summed E-state index contributed by atoms with van der Waals surface area (Å²) in [5.41, 5.74) is 4.55. The van der Waals surface area contributed by atoms with Gasteiger partial charge in [0.15, 0.2) is 5.65 Å². The van der Waals surface area contributed by atoms with Gasteiger partial charge < -0.3 is 10.2 Å². The summed E-state index contributed by atoms with van der Waals surface area (Å²) in [4.78, 5) is 22.6. The van der Waals surface area contributed by atoms with Crippen molar-refractivity contribution in [3.05, 3.63) is 52.7 Å². The summed E-state index contributed by atoms with van der Waals surface area (Å²) in [6.07, 6.45) is -0.629. The van der Waals surface area contributed by atoms with E-state index in [9.17, 15) is 18.0 Å². The first-order valence-corrected chi connectivity index (χ1v) is 10.1. The molecule has 0 unspecified atom stereocenters. The molecule has 0 spiro atoms. The Morgan fingerprint density at radius 3 is 2.65 bits per heavy atom. The van der Waals surface area contributed by atoms with Gasteiger partial charge in [0.2, 0.25) is 5.91 Å². The van der Waals surface area contributed by atoms with Gasteiger partial charge in [-0.25, -0.2) is 9.50 Å². The van der Waals surface area contributed by atoms with Crippen molar-refractivity contribution in [3.8, 4) is 0 Å². The number of carbonyl (C=O) groups is 1. The third-order valence-corrected chi connectivity index (χ3v) is 6.41. The molecule has 31 heavy (non-hydrogen) atoms. The van der Waals surface area contributed by atoms with Crippen LogP contribution in [-0.4, -0.2) is 36.4 Å². The van der Waals surface area contributed by atoms with Crippen LogP contribution < -0.4 is 5.32 Å². The predicted octanol–water partition coefficient (Wildman–Crippen LogP) is 3.49. The third kappa shape index (κ3) is 3.30. The monoisotopic (exact) mass is 430 g/mol. The number of hydrogen-bond donors (Lipinski definition) is 1. The molecule has 7 nitrogen and oxygen atoms in total. The molecular formula is C21H21F3N6O. The SMILES string of the molecule is Cc1c2c(c3ncnn3c1C)CN(C(=O)C1CC(Nc3ccnc(C(F)(F)F)c3)C1)C2. The van der Waals surface area contributed by atoms with Gasteiger partial charge in [0.25, 0.3) is 0 Å². The van der Waals surface area contributed by atoms with Gasteiger partial charge >= 0.3 is 6.18 Å². The van der Waals surface area contributed by atoms with E-state index in [1.165, 1.54) is 12.4 Å². The van der Waals surface area contributed by atoms with Crippen LogP contribution in [0.3, 0.4) is 0 Å². The molecule has 0 atom stereocenters. The first-order valence-electron chi connectivity index (χ1n) is 10.1. The highest BCUT2D eigenvalue weighted by Crippen LogP contribution is 2.37. The fourth-order valence-electron chi connectivity index (χ4n) is 4.51. The lowest BCUT2D eigenvalue weighted by Crippen LogP contribution is -2.44. The van der Waals surface area contributed by atoms with E-state index < -0.39 is 11.9 Å². The maximum Gasteiger partial charge on any atom is 0.433 e. The molecule has 1 amide bonds. The summed E-state index contributed by atoms with van der Waals surface area (Å²) in [5.74, 6) is -0.0549. The molecule has 1 N–H and O–H groups in total. The van der Waals surface area contributed by atoms with Gasteiger partial charge in [0.1, 0.15) is 12.0 Å². The Labute approximate surface area is 176 Å². The number of fused-ring (bicyclic) bond motifs is 3. The van der Waals surface area contributed by atoms with E-state index in [4.69, 9.17) is 0 Å². The van der Waals surface area contributed by atoms with Crippen molar-refractivity contribution in [2.45, 2.75) is 52.0 Å². The summed E-state index contributed by atoms with van der Waals surface area (Å²) in [6, 6.07) is 2.48. The molecule has 0 aromatic carbocycles. The topological polar surface area (TPSA) is 75.4 Å². The van der Waals surface area contributed by atoms with Gasteiger partial charge in [0, 0.05) is 41.6 Å². The second-order valence-electron chi connectivity index (χ2n) is 8.29. The van der Waals surface area contributed by atoms with E-state index in [-0.39, 0.29) is 17.9 Å². The van der Waals surface area contributed by atoms with Crippen LogP contribution in [0.4, 0.5) is 18.9 Å². The highest BCUT2D eigenvalue weighted by Gasteiger charge is 2.40. The minimum Gasteiger partial charge on any atom is -0.382 e. The summed E-state index contributed by atoms with van der Waals surface area (Å²) in [6.45, 7) is 5.09. The van der Waals surface area contributed by atoms with Crippen molar-refractivity contribution < 1.29 is 18.0 Å². The van der Waals surface area contributed by atoms with E-state index in [0.717, 1.165) is 40.3 Å². The third-order valence-electron chi connectivity index (χ3n) is 6.41. The Morgan fingerprint density at radius 2 is 1.90 bits per heavy atom. The Balaban J connectivity index is 1.24. The average Bonchev–Trinajstić information content (AvgIpc) is 3.35. The van der Waals surface area contributed by atoms with Gasteiger partial charge in [-0.3, -0.25) is 9.78 Å². The smallest absolute Gasteiger partial charge is 0.382 e. The number of nitrogens with zero attached hydrogens (tertiary/aromatic N) is 5. The number of anilines is 1. The number of halogens is 3. The highest BCUT2D eigenvalue weighted by molar-refractivity contribution is 5.81. The number of hydrogen-bond acceptors (Lipinski definition) is 5. The minimum absolute atomic E-state index is 0.0328. The van der Waals surface area contributed by atoms with E-state index >= 15 is 0 Å². The van der Waals surface area contributed by atoms with Gasteiger partial charge in [-0.2, -0.15) is 18.3 Å². The lowest BCUT2D eigenvalue weighted by atomic mass is 9.79. The molecule has 0 radical (unpaired) electrons. The van der Waals surface area contributed by atoms with Crippen LogP contribution in [0.5, 0.6) is 0 Å².